The quantitative estimate of drug-likeness (QED) is 0.729. The van der Waals surface area contributed by atoms with E-state index in [9.17, 15) is 13.6 Å². The first-order valence-corrected chi connectivity index (χ1v) is 11.5. The maximum atomic E-state index is 13.9. The molecule has 30 heavy (non-hydrogen) atoms. The molecular weight excluding hydrogens is 406 g/mol. The molecule has 0 bridgehead atoms. The summed E-state index contributed by atoms with van der Waals surface area (Å²) in [6, 6.07) is 2.80. The molecular formula is C22H30F2N4OS. The van der Waals surface area contributed by atoms with E-state index in [2.05, 4.69) is 10.4 Å². The van der Waals surface area contributed by atoms with Crippen LogP contribution in [0.1, 0.15) is 67.0 Å². The van der Waals surface area contributed by atoms with Gasteiger partial charge in [0.05, 0.1) is 11.3 Å². The smallest absolute Gasteiger partial charge is 0.260 e. The summed E-state index contributed by atoms with van der Waals surface area (Å²) in [4.78, 5) is 15.9. The number of likely N-dealkylation sites (tertiary alicyclic amines) is 1. The molecule has 0 aliphatic carbocycles. The fourth-order valence-corrected chi connectivity index (χ4v) is 5.19. The van der Waals surface area contributed by atoms with E-state index in [1.807, 2.05) is 50.1 Å². The lowest BCUT2D eigenvalue weighted by molar-refractivity contribution is 0.0504. The van der Waals surface area contributed by atoms with Crippen molar-refractivity contribution in [3.8, 4) is 0 Å². The number of thiophene rings is 1. The molecule has 1 fully saturated rings. The summed E-state index contributed by atoms with van der Waals surface area (Å²) in [7, 11) is 0. The molecule has 1 amide bonds. The van der Waals surface area contributed by atoms with Crippen molar-refractivity contribution in [2.24, 2.45) is 5.92 Å². The second-order valence-corrected chi connectivity index (χ2v) is 10.7. The average Bonchev–Trinajstić information content (AvgIpc) is 3.32. The van der Waals surface area contributed by atoms with Crippen molar-refractivity contribution in [1.82, 2.24) is 14.7 Å². The molecule has 4 heterocycles. The highest BCUT2D eigenvalue weighted by Crippen LogP contribution is 2.38. The standard InChI is InChI=1S/C22H30F2N4OS/c1-13-8-15(12-30-13)21(29)27-7-5-6-14(11-27)16-9-17(20(23)24)28-19(25-16)10-18(26-28)22(2,3)4/h8,10,12,14,16-17,20,25H,5-7,9,11H2,1-4H3/t14-,16+,17-/m1/s1. The van der Waals surface area contributed by atoms with Crippen LogP contribution in [0, 0.1) is 12.8 Å². The molecule has 2 aliphatic rings. The second kappa shape index (κ2) is 7.94. The largest absolute Gasteiger partial charge is 0.367 e. The Kier molecular flexibility index (Phi) is 5.64. The molecule has 2 aliphatic heterocycles. The van der Waals surface area contributed by atoms with Gasteiger partial charge in [0.15, 0.2) is 0 Å². The Bertz CT molecular complexity index is 917. The van der Waals surface area contributed by atoms with Gasteiger partial charge in [-0.05, 0) is 38.2 Å². The second-order valence-electron chi connectivity index (χ2n) is 9.60. The van der Waals surface area contributed by atoms with Crippen LogP contribution in [-0.2, 0) is 5.41 Å². The third-order valence-electron chi connectivity index (χ3n) is 6.23. The Morgan fingerprint density at radius 2 is 2.10 bits per heavy atom. The Morgan fingerprint density at radius 1 is 1.33 bits per heavy atom. The van der Waals surface area contributed by atoms with Crippen LogP contribution in [0.25, 0.3) is 0 Å². The Hall–Kier alpha value is -1.96. The van der Waals surface area contributed by atoms with Crippen LogP contribution in [0.5, 0.6) is 0 Å². The molecule has 0 saturated carbocycles. The number of carbonyl (C=O) groups excluding carboxylic acids is 1. The summed E-state index contributed by atoms with van der Waals surface area (Å²) in [6.07, 6.45) is -0.333. The number of alkyl halides is 2. The fourth-order valence-electron chi connectivity index (χ4n) is 4.51. The summed E-state index contributed by atoms with van der Waals surface area (Å²) < 4.78 is 29.3. The number of aromatic nitrogens is 2. The lowest BCUT2D eigenvalue weighted by Crippen LogP contribution is -2.48. The number of nitrogens with zero attached hydrogens (tertiary/aromatic N) is 3. The third-order valence-corrected chi connectivity index (χ3v) is 7.09. The van der Waals surface area contributed by atoms with Crippen molar-refractivity contribution in [3.05, 3.63) is 33.6 Å². The lowest BCUT2D eigenvalue weighted by Gasteiger charge is -2.41. The Balaban J connectivity index is 1.53. The number of rotatable bonds is 3. The van der Waals surface area contributed by atoms with Crippen molar-refractivity contribution < 1.29 is 13.6 Å². The number of hydrogen-bond acceptors (Lipinski definition) is 4. The summed E-state index contributed by atoms with van der Waals surface area (Å²) in [5.41, 5.74) is 1.33. The number of fused-ring (bicyclic) bond motifs is 1. The summed E-state index contributed by atoms with van der Waals surface area (Å²) in [5.74, 6) is 0.856. The van der Waals surface area contributed by atoms with E-state index >= 15 is 0 Å². The maximum Gasteiger partial charge on any atom is 0.260 e. The van der Waals surface area contributed by atoms with Gasteiger partial charge in [0, 0.05) is 40.9 Å². The van der Waals surface area contributed by atoms with E-state index in [1.54, 1.807) is 11.3 Å². The Morgan fingerprint density at radius 3 is 2.73 bits per heavy atom. The summed E-state index contributed by atoms with van der Waals surface area (Å²) >= 11 is 1.57. The number of carbonyl (C=O) groups is 1. The van der Waals surface area contributed by atoms with Crippen molar-refractivity contribution in [2.45, 2.75) is 70.9 Å². The van der Waals surface area contributed by atoms with Crippen molar-refractivity contribution in [1.29, 1.82) is 0 Å². The number of aryl methyl sites for hydroxylation is 1. The van der Waals surface area contributed by atoms with Gasteiger partial charge in [0.25, 0.3) is 12.3 Å². The lowest BCUT2D eigenvalue weighted by atomic mass is 9.85. The molecule has 5 nitrogen and oxygen atoms in total. The van der Waals surface area contributed by atoms with E-state index < -0.39 is 12.5 Å². The van der Waals surface area contributed by atoms with E-state index in [-0.39, 0.29) is 23.3 Å². The van der Waals surface area contributed by atoms with Gasteiger partial charge in [-0.25, -0.2) is 13.5 Å². The molecule has 0 unspecified atom stereocenters. The molecule has 164 valence electrons. The molecule has 2 aromatic rings. The first-order chi connectivity index (χ1) is 14.1. The fraction of sp³-hybridized carbons (Fsp3) is 0.636. The van der Waals surface area contributed by atoms with Gasteiger partial charge in [-0.15, -0.1) is 11.3 Å². The SMILES string of the molecule is Cc1cc(C(=O)N2CCC[C@@H]([C@@H]3C[C@H](C(F)F)n4nc(C(C)(C)C)cc4N3)C2)cs1. The molecule has 8 heteroatoms. The van der Waals surface area contributed by atoms with Gasteiger partial charge in [-0.3, -0.25) is 4.79 Å². The van der Waals surface area contributed by atoms with Crippen LogP contribution in [0.3, 0.4) is 0 Å². The van der Waals surface area contributed by atoms with E-state index in [4.69, 9.17) is 0 Å². The molecule has 0 radical (unpaired) electrons. The highest BCUT2D eigenvalue weighted by Gasteiger charge is 2.39. The zero-order valence-electron chi connectivity index (χ0n) is 18.0. The first kappa shape index (κ1) is 21.3. The molecule has 1 N–H and O–H groups in total. The zero-order valence-corrected chi connectivity index (χ0v) is 18.8. The van der Waals surface area contributed by atoms with Crippen LogP contribution in [0.2, 0.25) is 0 Å². The number of piperidine rings is 1. The number of hydrogen-bond donors (Lipinski definition) is 1. The van der Waals surface area contributed by atoms with Gasteiger partial charge in [-0.1, -0.05) is 20.8 Å². The first-order valence-electron chi connectivity index (χ1n) is 10.6. The van der Waals surface area contributed by atoms with Crippen LogP contribution in [0.15, 0.2) is 17.5 Å². The third kappa shape index (κ3) is 4.11. The Labute approximate surface area is 180 Å². The molecule has 3 atom stereocenters. The monoisotopic (exact) mass is 436 g/mol. The van der Waals surface area contributed by atoms with E-state index in [0.29, 0.717) is 18.8 Å². The van der Waals surface area contributed by atoms with Gasteiger partial charge >= 0.3 is 0 Å². The topological polar surface area (TPSA) is 50.2 Å². The number of halogens is 2. The summed E-state index contributed by atoms with van der Waals surface area (Å²) in [6.45, 7) is 9.42. The van der Waals surface area contributed by atoms with Crippen LogP contribution in [0.4, 0.5) is 14.6 Å². The van der Waals surface area contributed by atoms with Gasteiger partial charge in [0.1, 0.15) is 11.9 Å². The maximum absolute atomic E-state index is 13.9. The molecule has 4 rings (SSSR count). The van der Waals surface area contributed by atoms with Gasteiger partial charge in [-0.2, -0.15) is 5.10 Å². The van der Waals surface area contributed by atoms with Gasteiger partial charge in [0.2, 0.25) is 0 Å². The van der Waals surface area contributed by atoms with Crippen LogP contribution in [-0.4, -0.2) is 46.1 Å². The van der Waals surface area contributed by atoms with E-state index in [0.717, 1.165) is 35.5 Å². The highest BCUT2D eigenvalue weighted by molar-refractivity contribution is 7.10. The van der Waals surface area contributed by atoms with Crippen molar-refractivity contribution in [2.75, 3.05) is 18.4 Å². The normalized spacial score (nSPS) is 24.6. The number of anilines is 1. The predicted octanol–water partition coefficient (Wildman–Crippen LogP) is 5.09. The van der Waals surface area contributed by atoms with Crippen LogP contribution >= 0.6 is 11.3 Å². The molecule has 2 aromatic heterocycles. The molecule has 0 aromatic carbocycles. The van der Waals surface area contributed by atoms with Gasteiger partial charge < -0.3 is 10.2 Å². The van der Waals surface area contributed by atoms with Crippen LogP contribution < -0.4 is 5.32 Å². The average molecular weight is 437 g/mol. The highest BCUT2D eigenvalue weighted by atomic mass is 32.1. The minimum Gasteiger partial charge on any atom is -0.367 e. The minimum atomic E-state index is -2.48. The molecule has 1 saturated heterocycles. The number of amides is 1. The number of nitrogens with one attached hydrogen (secondary N) is 1. The predicted molar refractivity (Wildman–Crippen MR) is 116 cm³/mol. The van der Waals surface area contributed by atoms with Crippen molar-refractivity contribution in [3.63, 3.8) is 0 Å². The zero-order chi connectivity index (χ0) is 21.6. The minimum absolute atomic E-state index is 0.0466. The van der Waals surface area contributed by atoms with Crippen molar-refractivity contribution >= 4 is 23.1 Å². The summed E-state index contributed by atoms with van der Waals surface area (Å²) in [5, 5.41) is 9.88. The van der Waals surface area contributed by atoms with E-state index in [1.165, 1.54) is 4.68 Å². The molecule has 0 spiro atoms.